The van der Waals surface area contributed by atoms with Gasteiger partial charge in [0.25, 0.3) is 0 Å². The molecule has 0 saturated heterocycles. The number of hydrogen-bond acceptors (Lipinski definition) is 4. The molecule has 0 amide bonds. The number of halogens is 1. The van der Waals surface area contributed by atoms with Gasteiger partial charge in [0.2, 0.25) is 0 Å². The SMILES string of the molecule is COC(=O)COc1ccc(C=Nc2ccc(Cl)cc2)cc1. The molecule has 2 aromatic carbocycles. The number of rotatable bonds is 5. The lowest BCUT2D eigenvalue weighted by Gasteiger charge is -2.04. The fraction of sp³-hybridized carbons (Fsp3) is 0.125. The van der Waals surface area contributed by atoms with Crippen molar-refractivity contribution in [3.63, 3.8) is 0 Å². The molecule has 0 unspecified atom stereocenters. The van der Waals surface area contributed by atoms with Gasteiger partial charge in [-0.1, -0.05) is 11.6 Å². The summed E-state index contributed by atoms with van der Waals surface area (Å²) in [6.45, 7) is -0.102. The van der Waals surface area contributed by atoms with Crippen molar-refractivity contribution in [2.45, 2.75) is 0 Å². The molecule has 0 aliphatic heterocycles. The van der Waals surface area contributed by atoms with Crippen molar-refractivity contribution in [1.82, 2.24) is 0 Å². The first-order valence-corrected chi connectivity index (χ1v) is 6.64. The molecule has 0 heterocycles. The van der Waals surface area contributed by atoms with Crippen molar-refractivity contribution >= 4 is 29.5 Å². The first-order chi connectivity index (χ1) is 10.2. The molecule has 0 aliphatic carbocycles. The molecular formula is C16H14ClNO3. The molecule has 0 spiro atoms. The van der Waals surface area contributed by atoms with Crippen LogP contribution in [0.5, 0.6) is 5.75 Å². The van der Waals surface area contributed by atoms with Crippen LogP contribution < -0.4 is 4.74 Å². The van der Waals surface area contributed by atoms with Crippen LogP contribution in [-0.4, -0.2) is 25.9 Å². The number of esters is 1. The van der Waals surface area contributed by atoms with Gasteiger partial charge in [-0.05, 0) is 54.1 Å². The molecule has 0 bridgehead atoms. The van der Waals surface area contributed by atoms with Gasteiger partial charge in [0.05, 0.1) is 12.8 Å². The van der Waals surface area contributed by atoms with E-state index >= 15 is 0 Å². The highest BCUT2D eigenvalue weighted by Crippen LogP contribution is 2.17. The first kappa shape index (κ1) is 15.1. The highest BCUT2D eigenvalue weighted by molar-refractivity contribution is 6.30. The van der Waals surface area contributed by atoms with Gasteiger partial charge in [0.15, 0.2) is 6.61 Å². The maximum Gasteiger partial charge on any atom is 0.343 e. The van der Waals surface area contributed by atoms with Gasteiger partial charge in [0, 0.05) is 11.2 Å². The van der Waals surface area contributed by atoms with Crippen molar-refractivity contribution in [2.75, 3.05) is 13.7 Å². The Morgan fingerprint density at radius 3 is 2.43 bits per heavy atom. The van der Waals surface area contributed by atoms with E-state index in [1.807, 2.05) is 24.3 Å². The molecule has 0 saturated carbocycles. The lowest BCUT2D eigenvalue weighted by molar-refractivity contribution is -0.142. The van der Waals surface area contributed by atoms with Crippen molar-refractivity contribution in [2.24, 2.45) is 4.99 Å². The van der Waals surface area contributed by atoms with E-state index in [0.717, 1.165) is 11.3 Å². The van der Waals surface area contributed by atoms with Gasteiger partial charge in [0.1, 0.15) is 5.75 Å². The third-order valence-electron chi connectivity index (χ3n) is 2.65. The third-order valence-corrected chi connectivity index (χ3v) is 2.91. The van der Waals surface area contributed by atoms with Crippen LogP contribution in [0.3, 0.4) is 0 Å². The summed E-state index contributed by atoms with van der Waals surface area (Å²) in [5.41, 5.74) is 1.75. The second kappa shape index (κ2) is 7.45. The quantitative estimate of drug-likeness (QED) is 0.626. The molecule has 2 rings (SSSR count). The molecule has 4 nitrogen and oxygen atoms in total. The molecule has 2 aromatic rings. The molecule has 0 radical (unpaired) electrons. The number of benzene rings is 2. The van der Waals surface area contributed by atoms with E-state index in [1.54, 1.807) is 30.5 Å². The first-order valence-electron chi connectivity index (χ1n) is 6.27. The van der Waals surface area contributed by atoms with Crippen LogP contribution in [0.15, 0.2) is 53.5 Å². The average Bonchev–Trinajstić information content (AvgIpc) is 2.53. The molecule has 5 heteroatoms. The Hall–Kier alpha value is -2.33. The van der Waals surface area contributed by atoms with E-state index in [2.05, 4.69) is 9.73 Å². The Kier molecular flexibility index (Phi) is 5.35. The zero-order valence-corrected chi connectivity index (χ0v) is 12.2. The molecule has 0 fully saturated rings. The number of carbonyl (C=O) groups is 1. The third kappa shape index (κ3) is 4.93. The molecule has 0 aliphatic rings. The zero-order chi connectivity index (χ0) is 15.1. The van der Waals surface area contributed by atoms with Crippen LogP contribution in [0.4, 0.5) is 5.69 Å². The van der Waals surface area contributed by atoms with Crippen LogP contribution in [0.1, 0.15) is 5.56 Å². The molecule has 21 heavy (non-hydrogen) atoms. The number of nitrogens with zero attached hydrogens (tertiary/aromatic N) is 1. The van der Waals surface area contributed by atoms with Crippen molar-refractivity contribution < 1.29 is 14.3 Å². The minimum Gasteiger partial charge on any atom is -0.482 e. The summed E-state index contributed by atoms with van der Waals surface area (Å²) in [7, 11) is 1.32. The number of carbonyl (C=O) groups excluding carboxylic acids is 1. The van der Waals surface area contributed by atoms with Crippen LogP contribution in [0, 0.1) is 0 Å². The van der Waals surface area contributed by atoms with Gasteiger partial charge in [-0.3, -0.25) is 4.99 Å². The van der Waals surface area contributed by atoms with Gasteiger partial charge in [-0.2, -0.15) is 0 Å². The predicted octanol–water partition coefficient (Wildman–Crippen LogP) is 3.64. The molecule has 0 atom stereocenters. The largest absolute Gasteiger partial charge is 0.482 e. The summed E-state index contributed by atoms with van der Waals surface area (Å²) in [5.74, 6) is 0.187. The lowest BCUT2D eigenvalue weighted by atomic mass is 10.2. The maximum atomic E-state index is 11.0. The number of ether oxygens (including phenoxy) is 2. The van der Waals surface area contributed by atoms with Crippen molar-refractivity contribution in [1.29, 1.82) is 0 Å². The Balaban J connectivity index is 1.95. The molecule has 0 aromatic heterocycles. The highest BCUT2D eigenvalue weighted by Gasteiger charge is 2.01. The van der Waals surface area contributed by atoms with Gasteiger partial charge in [-0.25, -0.2) is 4.79 Å². The Bertz CT molecular complexity index is 621. The summed E-state index contributed by atoms with van der Waals surface area (Å²) >= 11 is 5.81. The van der Waals surface area contributed by atoms with E-state index in [-0.39, 0.29) is 6.61 Å². The normalized spacial score (nSPS) is 10.6. The summed E-state index contributed by atoms with van der Waals surface area (Å²) in [4.78, 5) is 15.3. The van der Waals surface area contributed by atoms with Crippen LogP contribution in [0.2, 0.25) is 5.02 Å². The van der Waals surface area contributed by atoms with Gasteiger partial charge in [-0.15, -0.1) is 0 Å². The minimum absolute atomic E-state index is 0.102. The monoisotopic (exact) mass is 303 g/mol. The maximum absolute atomic E-state index is 11.0. The number of methoxy groups -OCH3 is 1. The molecular weight excluding hydrogens is 290 g/mol. The standard InChI is InChI=1S/C16H14ClNO3/c1-20-16(19)11-21-15-8-2-12(3-9-15)10-18-14-6-4-13(17)5-7-14/h2-10H,11H2,1H3. The number of hydrogen-bond donors (Lipinski definition) is 0. The molecule has 0 N–H and O–H groups in total. The molecule has 108 valence electrons. The minimum atomic E-state index is -0.414. The lowest BCUT2D eigenvalue weighted by Crippen LogP contribution is -2.12. The van der Waals surface area contributed by atoms with Crippen LogP contribution in [0.25, 0.3) is 0 Å². The average molecular weight is 304 g/mol. The Labute approximate surface area is 128 Å². The topological polar surface area (TPSA) is 47.9 Å². The second-order valence-electron chi connectivity index (χ2n) is 4.17. The summed E-state index contributed by atoms with van der Waals surface area (Å²) in [6, 6.07) is 14.5. The fourth-order valence-electron chi connectivity index (χ4n) is 1.53. The van der Waals surface area contributed by atoms with E-state index in [1.165, 1.54) is 7.11 Å². The summed E-state index contributed by atoms with van der Waals surface area (Å²) in [6.07, 6.45) is 1.74. The summed E-state index contributed by atoms with van der Waals surface area (Å²) in [5, 5.41) is 0.682. The van der Waals surface area contributed by atoms with Crippen LogP contribution in [-0.2, 0) is 9.53 Å². The van der Waals surface area contributed by atoms with Gasteiger partial charge < -0.3 is 9.47 Å². The van der Waals surface area contributed by atoms with E-state index < -0.39 is 5.97 Å². The predicted molar refractivity (Wildman–Crippen MR) is 82.7 cm³/mol. The van der Waals surface area contributed by atoms with Crippen molar-refractivity contribution in [3.05, 3.63) is 59.1 Å². The van der Waals surface area contributed by atoms with Crippen LogP contribution >= 0.6 is 11.6 Å². The van der Waals surface area contributed by atoms with E-state index in [4.69, 9.17) is 16.3 Å². The van der Waals surface area contributed by atoms with Gasteiger partial charge >= 0.3 is 5.97 Å². The Morgan fingerprint density at radius 1 is 1.14 bits per heavy atom. The van der Waals surface area contributed by atoms with Crippen molar-refractivity contribution in [3.8, 4) is 5.75 Å². The zero-order valence-electron chi connectivity index (χ0n) is 11.5. The van der Waals surface area contributed by atoms with E-state index in [9.17, 15) is 4.79 Å². The summed E-state index contributed by atoms with van der Waals surface area (Å²) < 4.78 is 9.75. The Morgan fingerprint density at radius 2 is 1.81 bits per heavy atom. The highest BCUT2D eigenvalue weighted by atomic mass is 35.5. The van der Waals surface area contributed by atoms with E-state index in [0.29, 0.717) is 10.8 Å². The fourth-order valence-corrected chi connectivity index (χ4v) is 1.65. The smallest absolute Gasteiger partial charge is 0.343 e. The second-order valence-corrected chi connectivity index (χ2v) is 4.60. The number of aliphatic imine (C=N–C) groups is 1.